The number of nitro benzene ring substituents is 1. The quantitative estimate of drug-likeness (QED) is 0.651. The van der Waals surface area contributed by atoms with Gasteiger partial charge in [0, 0.05) is 17.8 Å². The van der Waals surface area contributed by atoms with E-state index in [1.165, 1.54) is 12.1 Å². The van der Waals surface area contributed by atoms with Crippen LogP contribution in [0.1, 0.15) is 43.0 Å². The molecule has 6 heteroatoms. The highest BCUT2D eigenvalue weighted by molar-refractivity contribution is 5.93. The van der Waals surface area contributed by atoms with Gasteiger partial charge >= 0.3 is 5.97 Å². The lowest BCUT2D eigenvalue weighted by molar-refractivity contribution is -0.385. The topological polar surface area (TPSA) is 92.5 Å². The predicted octanol–water partition coefficient (Wildman–Crippen LogP) is 3.28. The first-order valence-corrected chi connectivity index (χ1v) is 6.75. The number of nitro groups is 1. The van der Waals surface area contributed by atoms with Crippen LogP contribution < -0.4 is 5.32 Å². The summed E-state index contributed by atoms with van der Waals surface area (Å²) in [5, 5.41) is 23.1. The van der Waals surface area contributed by atoms with E-state index in [1.807, 2.05) is 0 Å². The number of aromatic carboxylic acids is 1. The minimum atomic E-state index is -1.28. The third-order valence-corrected chi connectivity index (χ3v) is 3.81. The second-order valence-corrected chi connectivity index (χ2v) is 5.40. The van der Waals surface area contributed by atoms with Crippen LogP contribution in [0.5, 0.6) is 0 Å². The Balaban J connectivity index is 2.15. The Kier molecular flexibility index (Phi) is 4.22. The van der Waals surface area contributed by atoms with E-state index in [0.29, 0.717) is 11.7 Å². The van der Waals surface area contributed by atoms with Crippen LogP contribution in [0.3, 0.4) is 0 Å². The molecular weight excluding hydrogens is 260 g/mol. The average molecular weight is 278 g/mol. The molecule has 1 aliphatic rings. The standard InChI is InChI=1S/C14H18N2O4/c1-9-2-4-10(5-3-9)15-11-6-7-13(16(19)20)12(8-11)14(17)18/h6-10,15H,2-5H2,1H3,(H,17,18). The minimum absolute atomic E-state index is 0.274. The van der Waals surface area contributed by atoms with E-state index in [4.69, 9.17) is 5.11 Å². The Morgan fingerprint density at radius 3 is 2.55 bits per heavy atom. The highest BCUT2D eigenvalue weighted by atomic mass is 16.6. The minimum Gasteiger partial charge on any atom is -0.477 e. The Morgan fingerprint density at radius 1 is 1.35 bits per heavy atom. The van der Waals surface area contributed by atoms with E-state index in [9.17, 15) is 14.9 Å². The fourth-order valence-corrected chi connectivity index (χ4v) is 2.60. The summed E-state index contributed by atoms with van der Waals surface area (Å²) in [5.41, 5.74) is -0.0166. The molecule has 0 bridgehead atoms. The molecule has 1 aliphatic carbocycles. The monoisotopic (exact) mass is 278 g/mol. The van der Waals surface area contributed by atoms with Gasteiger partial charge in [-0.15, -0.1) is 0 Å². The third-order valence-electron chi connectivity index (χ3n) is 3.81. The van der Waals surface area contributed by atoms with Gasteiger partial charge in [-0.05, 0) is 43.7 Å². The van der Waals surface area contributed by atoms with Crippen LogP contribution in [0.15, 0.2) is 18.2 Å². The first-order chi connectivity index (χ1) is 9.47. The molecule has 108 valence electrons. The molecule has 0 saturated heterocycles. The number of hydrogen-bond acceptors (Lipinski definition) is 4. The van der Waals surface area contributed by atoms with Crippen LogP contribution in [-0.2, 0) is 0 Å². The second kappa shape index (κ2) is 5.90. The normalized spacial score (nSPS) is 22.2. The molecule has 0 atom stereocenters. The zero-order valence-electron chi connectivity index (χ0n) is 11.3. The second-order valence-electron chi connectivity index (χ2n) is 5.40. The van der Waals surface area contributed by atoms with Gasteiger partial charge < -0.3 is 10.4 Å². The number of benzene rings is 1. The van der Waals surface area contributed by atoms with Crippen molar-refractivity contribution >= 4 is 17.3 Å². The van der Waals surface area contributed by atoms with Crippen molar-refractivity contribution in [2.24, 2.45) is 5.92 Å². The summed E-state index contributed by atoms with van der Waals surface area (Å²) in [4.78, 5) is 21.2. The zero-order chi connectivity index (χ0) is 14.7. The molecule has 0 radical (unpaired) electrons. The van der Waals surface area contributed by atoms with E-state index in [-0.39, 0.29) is 11.3 Å². The molecule has 0 aromatic heterocycles. The smallest absolute Gasteiger partial charge is 0.342 e. The van der Waals surface area contributed by atoms with E-state index < -0.39 is 10.9 Å². The van der Waals surface area contributed by atoms with Crippen molar-refractivity contribution in [2.45, 2.75) is 38.6 Å². The zero-order valence-corrected chi connectivity index (χ0v) is 11.3. The molecule has 20 heavy (non-hydrogen) atoms. The lowest BCUT2D eigenvalue weighted by Gasteiger charge is -2.27. The van der Waals surface area contributed by atoms with Crippen molar-refractivity contribution < 1.29 is 14.8 Å². The molecule has 0 aliphatic heterocycles. The summed E-state index contributed by atoms with van der Waals surface area (Å²) < 4.78 is 0. The summed E-state index contributed by atoms with van der Waals surface area (Å²) >= 11 is 0. The number of carboxylic acids is 1. The number of nitrogens with one attached hydrogen (secondary N) is 1. The SMILES string of the molecule is CC1CCC(Nc2ccc([N+](=O)[O-])c(C(=O)O)c2)CC1. The molecule has 0 spiro atoms. The fraction of sp³-hybridized carbons (Fsp3) is 0.500. The van der Waals surface area contributed by atoms with Crippen molar-refractivity contribution in [1.82, 2.24) is 0 Å². The van der Waals surface area contributed by atoms with Gasteiger partial charge in [-0.1, -0.05) is 6.92 Å². The summed E-state index contributed by atoms with van der Waals surface area (Å²) in [7, 11) is 0. The molecule has 1 aromatic carbocycles. The van der Waals surface area contributed by atoms with Crippen molar-refractivity contribution in [1.29, 1.82) is 0 Å². The molecule has 2 rings (SSSR count). The van der Waals surface area contributed by atoms with Gasteiger partial charge in [0.1, 0.15) is 5.56 Å². The number of rotatable bonds is 4. The Bertz CT molecular complexity index is 522. The van der Waals surface area contributed by atoms with Crippen molar-refractivity contribution in [3.8, 4) is 0 Å². The van der Waals surface area contributed by atoms with Crippen LogP contribution >= 0.6 is 0 Å². The molecule has 6 nitrogen and oxygen atoms in total. The van der Waals surface area contributed by atoms with Crippen LogP contribution in [0, 0.1) is 16.0 Å². The Morgan fingerprint density at radius 2 is 2.00 bits per heavy atom. The van der Waals surface area contributed by atoms with Gasteiger partial charge in [-0.2, -0.15) is 0 Å². The molecular formula is C14H18N2O4. The number of carboxylic acid groups (broad SMARTS) is 1. The summed E-state index contributed by atoms with van der Waals surface area (Å²) in [6.45, 7) is 2.23. The molecule has 0 unspecified atom stereocenters. The van der Waals surface area contributed by atoms with Gasteiger partial charge in [-0.25, -0.2) is 4.79 Å². The predicted molar refractivity (Wildman–Crippen MR) is 75.1 cm³/mol. The van der Waals surface area contributed by atoms with Gasteiger partial charge in [0.2, 0.25) is 0 Å². The third kappa shape index (κ3) is 3.26. The number of hydrogen-bond donors (Lipinski definition) is 2. The maximum atomic E-state index is 11.1. The molecule has 0 heterocycles. The van der Waals surface area contributed by atoms with E-state index in [0.717, 1.165) is 31.6 Å². The highest BCUT2D eigenvalue weighted by Crippen LogP contribution is 2.28. The fourth-order valence-electron chi connectivity index (χ4n) is 2.60. The number of anilines is 1. The summed E-state index contributed by atoms with van der Waals surface area (Å²) in [6.07, 6.45) is 4.38. The van der Waals surface area contributed by atoms with E-state index >= 15 is 0 Å². The van der Waals surface area contributed by atoms with Crippen molar-refractivity contribution in [2.75, 3.05) is 5.32 Å². The highest BCUT2D eigenvalue weighted by Gasteiger charge is 2.22. The Labute approximate surface area is 117 Å². The van der Waals surface area contributed by atoms with Crippen LogP contribution in [0.2, 0.25) is 0 Å². The van der Waals surface area contributed by atoms with Gasteiger partial charge in [0.05, 0.1) is 4.92 Å². The molecule has 1 aromatic rings. The lowest BCUT2D eigenvalue weighted by Crippen LogP contribution is -2.25. The Hall–Kier alpha value is -2.11. The van der Waals surface area contributed by atoms with Gasteiger partial charge in [0.25, 0.3) is 5.69 Å². The van der Waals surface area contributed by atoms with E-state index in [1.54, 1.807) is 6.07 Å². The number of carbonyl (C=O) groups is 1. The molecule has 1 saturated carbocycles. The summed E-state index contributed by atoms with van der Waals surface area (Å²) in [6, 6.07) is 4.48. The average Bonchev–Trinajstić information content (AvgIpc) is 2.41. The van der Waals surface area contributed by atoms with Gasteiger partial charge in [0.15, 0.2) is 0 Å². The molecule has 1 fully saturated rings. The largest absolute Gasteiger partial charge is 0.477 e. The first-order valence-electron chi connectivity index (χ1n) is 6.75. The maximum absolute atomic E-state index is 11.1. The van der Waals surface area contributed by atoms with Crippen LogP contribution in [0.4, 0.5) is 11.4 Å². The lowest BCUT2D eigenvalue weighted by atomic mass is 9.87. The number of nitrogens with zero attached hydrogens (tertiary/aromatic N) is 1. The van der Waals surface area contributed by atoms with Gasteiger partial charge in [-0.3, -0.25) is 10.1 Å². The maximum Gasteiger partial charge on any atom is 0.342 e. The van der Waals surface area contributed by atoms with E-state index in [2.05, 4.69) is 12.2 Å². The summed E-state index contributed by atoms with van der Waals surface area (Å²) in [5.74, 6) is -0.544. The van der Waals surface area contributed by atoms with Crippen LogP contribution in [-0.4, -0.2) is 22.0 Å². The molecule has 2 N–H and O–H groups in total. The van der Waals surface area contributed by atoms with Crippen LogP contribution in [0.25, 0.3) is 0 Å². The van der Waals surface area contributed by atoms with Crippen molar-refractivity contribution in [3.05, 3.63) is 33.9 Å². The molecule has 0 amide bonds. The van der Waals surface area contributed by atoms with Crippen molar-refractivity contribution in [3.63, 3.8) is 0 Å². The first kappa shape index (κ1) is 14.3.